The van der Waals surface area contributed by atoms with E-state index >= 15 is 4.39 Å². The predicted octanol–water partition coefficient (Wildman–Crippen LogP) is 3.22. The molecule has 0 spiro atoms. The number of ether oxygens (including phenoxy) is 2. The Morgan fingerprint density at radius 1 is 1.03 bits per heavy atom. The lowest BCUT2D eigenvalue weighted by molar-refractivity contribution is -0.118. The Morgan fingerprint density at radius 3 is 2.41 bits per heavy atom. The molecule has 0 unspecified atom stereocenters. The molecule has 0 atom stereocenters. The molecule has 39 heavy (non-hydrogen) atoms. The number of sulfonamides is 1. The number of aliphatic hydroxyl groups excluding tert-OH is 2. The van der Waals surface area contributed by atoms with Crippen molar-refractivity contribution in [2.45, 2.75) is 42.5 Å². The highest BCUT2D eigenvalue weighted by Crippen LogP contribution is 2.51. The fourth-order valence-electron chi connectivity index (χ4n) is 4.61. The monoisotopic (exact) mass is 556 g/mol. The first-order chi connectivity index (χ1) is 18.5. The average Bonchev–Trinajstić information content (AvgIpc) is 3.59. The van der Waals surface area contributed by atoms with E-state index in [0.29, 0.717) is 41.2 Å². The minimum absolute atomic E-state index is 0.152. The maximum Gasteiger partial charge on any atom is 0.244 e. The molecule has 4 N–H and O–H groups in total. The number of benzene rings is 3. The van der Waals surface area contributed by atoms with Crippen LogP contribution in [0.4, 0.5) is 10.1 Å². The summed E-state index contributed by atoms with van der Waals surface area (Å²) in [6.45, 7) is 1.94. The first-order valence-corrected chi connectivity index (χ1v) is 13.9. The van der Waals surface area contributed by atoms with Gasteiger partial charge in [0, 0.05) is 5.69 Å². The van der Waals surface area contributed by atoms with Crippen LogP contribution in [0.5, 0.6) is 11.5 Å². The molecule has 9 nitrogen and oxygen atoms in total. The number of fused-ring (bicyclic) bond motifs is 1. The molecular formula is C28H29FN2O7S. The van der Waals surface area contributed by atoms with Crippen LogP contribution in [0, 0.1) is 12.7 Å². The quantitative estimate of drug-likeness (QED) is 0.318. The number of nitrogens with one attached hydrogen (secondary N) is 2. The van der Waals surface area contributed by atoms with Crippen LogP contribution in [0.15, 0.2) is 59.5 Å². The molecule has 1 amide bonds. The third-order valence-electron chi connectivity index (χ3n) is 7.22. The van der Waals surface area contributed by atoms with Gasteiger partial charge in [0.25, 0.3) is 0 Å². The second-order valence-corrected chi connectivity index (χ2v) is 11.9. The van der Waals surface area contributed by atoms with Crippen LogP contribution in [0.2, 0.25) is 0 Å². The van der Waals surface area contributed by atoms with Crippen molar-refractivity contribution < 1.29 is 37.3 Å². The first kappa shape index (κ1) is 27.1. The van der Waals surface area contributed by atoms with Crippen molar-refractivity contribution in [2.75, 3.05) is 25.3 Å². The van der Waals surface area contributed by atoms with Crippen LogP contribution >= 0.6 is 0 Å². The summed E-state index contributed by atoms with van der Waals surface area (Å²) < 4.78 is 53.5. The van der Waals surface area contributed by atoms with Gasteiger partial charge in [0.2, 0.25) is 22.7 Å². The minimum atomic E-state index is -4.36. The molecule has 0 aromatic heterocycles. The normalized spacial score (nSPS) is 15.7. The van der Waals surface area contributed by atoms with Crippen LogP contribution in [0.25, 0.3) is 11.1 Å². The van der Waals surface area contributed by atoms with E-state index in [9.17, 15) is 23.4 Å². The molecule has 1 aliphatic carbocycles. The smallest absolute Gasteiger partial charge is 0.244 e. The lowest BCUT2D eigenvalue weighted by atomic mass is 9.94. The maximum atomic E-state index is 15.1. The zero-order valence-corrected chi connectivity index (χ0v) is 22.3. The predicted molar refractivity (Wildman–Crippen MR) is 142 cm³/mol. The van der Waals surface area contributed by atoms with Gasteiger partial charge in [-0.1, -0.05) is 18.2 Å². The van der Waals surface area contributed by atoms with Crippen molar-refractivity contribution >= 4 is 21.6 Å². The van der Waals surface area contributed by atoms with Gasteiger partial charge in [-0.15, -0.1) is 0 Å². The average molecular weight is 557 g/mol. The summed E-state index contributed by atoms with van der Waals surface area (Å²) in [5.74, 6) is 0.109. The van der Waals surface area contributed by atoms with E-state index in [1.807, 2.05) is 19.1 Å². The van der Waals surface area contributed by atoms with Gasteiger partial charge < -0.3 is 25.0 Å². The van der Waals surface area contributed by atoms with Gasteiger partial charge in [-0.3, -0.25) is 4.79 Å². The molecule has 5 rings (SSSR count). The maximum absolute atomic E-state index is 15.1. The lowest BCUT2D eigenvalue weighted by Gasteiger charge is -2.26. The van der Waals surface area contributed by atoms with Crippen molar-refractivity contribution in [1.29, 1.82) is 0 Å². The molecule has 0 saturated heterocycles. The van der Waals surface area contributed by atoms with E-state index in [2.05, 4.69) is 10.0 Å². The Hall–Kier alpha value is -3.51. The van der Waals surface area contributed by atoms with Gasteiger partial charge in [-0.05, 0) is 85.3 Å². The van der Waals surface area contributed by atoms with Crippen molar-refractivity contribution in [3.63, 3.8) is 0 Å². The second-order valence-electron chi connectivity index (χ2n) is 10.3. The number of amides is 1. The van der Waals surface area contributed by atoms with Gasteiger partial charge in [0.15, 0.2) is 11.5 Å². The number of halogens is 1. The SMILES string of the molecule is Cc1ccc(NC(=O)C2(c3ccc4c(c3)OCO4)CC2)cc1-c1ccc(S(=O)(=O)NC(C)(CO)CO)c(F)c1. The third kappa shape index (κ3) is 5.10. The number of aliphatic hydroxyl groups is 2. The number of hydrogen-bond donors (Lipinski definition) is 4. The summed E-state index contributed by atoms with van der Waals surface area (Å²) in [6.07, 6.45) is 1.38. The van der Waals surface area contributed by atoms with Crippen molar-refractivity contribution in [1.82, 2.24) is 4.72 Å². The third-order valence-corrected chi connectivity index (χ3v) is 8.89. The van der Waals surface area contributed by atoms with Crippen LogP contribution < -0.4 is 19.5 Å². The van der Waals surface area contributed by atoms with Gasteiger partial charge in [-0.2, -0.15) is 0 Å². The molecule has 206 valence electrons. The van der Waals surface area contributed by atoms with Gasteiger partial charge >= 0.3 is 0 Å². The molecule has 1 heterocycles. The molecule has 1 saturated carbocycles. The largest absolute Gasteiger partial charge is 0.454 e. The summed E-state index contributed by atoms with van der Waals surface area (Å²) in [5.41, 5.74) is 0.989. The lowest BCUT2D eigenvalue weighted by Crippen LogP contribution is -2.51. The van der Waals surface area contributed by atoms with Crippen LogP contribution in [0.3, 0.4) is 0 Å². The van der Waals surface area contributed by atoms with Crippen LogP contribution in [0.1, 0.15) is 30.9 Å². The summed E-state index contributed by atoms with van der Waals surface area (Å²) >= 11 is 0. The number of rotatable bonds is 9. The molecule has 0 bridgehead atoms. The van der Waals surface area contributed by atoms with Crippen molar-refractivity contribution in [3.05, 3.63) is 71.5 Å². The molecule has 2 aliphatic rings. The summed E-state index contributed by atoms with van der Waals surface area (Å²) in [4.78, 5) is 12.7. The van der Waals surface area contributed by atoms with Gasteiger partial charge in [0.05, 0.1) is 24.2 Å². The molecule has 11 heteroatoms. The van der Waals surface area contributed by atoms with Gasteiger partial charge in [-0.25, -0.2) is 17.5 Å². The Labute approximate surface area is 225 Å². The highest BCUT2D eigenvalue weighted by atomic mass is 32.2. The number of aryl methyl sites for hydroxylation is 1. The number of carbonyl (C=O) groups is 1. The highest BCUT2D eigenvalue weighted by molar-refractivity contribution is 7.89. The molecule has 1 fully saturated rings. The Kier molecular flexibility index (Phi) is 6.88. The van der Waals surface area contributed by atoms with Crippen molar-refractivity contribution in [2.24, 2.45) is 0 Å². The molecular weight excluding hydrogens is 527 g/mol. The molecule has 1 aliphatic heterocycles. The first-order valence-electron chi connectivity index (χ1n) is 12.4. The Balaban J connectivity index is 1.38. The minimum Gasteiger partial charge on any atom is -0.454 e. The van der Waals surface area contributed by atoms with E-state index in [1.54, 1.807) is 24.3 Å². The summed E-state index contributed by atoms with van der Waals surface area (Å²) in [5, 5.41) is 21.8. The summed E-state index contributed by atoms with van der Waals surface area (Å²) in [7, 11) is -4.36. The zero-order chi connectivity index (χ0) is 28.0. The molecule has 3 aromatic carbocycles. The Bertz CT molecular complexity index is 1550. The van der Waals surface area contributed by atoms with E-state index in [-0.39, 0.29) is 12.7 Å². The highest BCUT2D eigenvalue weighted by Gasteiger charge is 2.51. The molecule has 0 radical (unpaired) electrons. The number of anilines is 1. The topological polar surface area (TPSA) is 134 Å². The van der Waals surface area contributed by atoms with Crippen LogP contribution in [-0.4, -0.2) is 50.1 Å². The zero-order valence-electron chi connectivity index (χ0n) is 21.5. The van der Waals surface area contributed by atoms with Crippen molar-refractivity contribution in [3.8, 4) is 22.6 Å². The van der Waals surface area contributed by atoms with E-state index in [0.717, 1.165) is 23.3 Å². The van der Waals surface area contributed by atoms with E-state index in [1.165, 1.54) is 13.0 Å². The van der Waals surface area contributed by atoms with Gasteiger partial charge in [0.1, 0.15) is 10.7 Å². The van der Waals surface area contributed by atoms with E-state index in [4.69, 9.17) is 9.47 Å². The fraction of sp³-hybridized carbons (Fsp3) is 0.321. The second kappa shape index (κ2) is 9.91. The number of carbonyl (C=O) groups excluding carboxylic acids is 1. The molecule has 3 aromatic rings. The number of hydrogen-bond acceptors (Lipinski definition) is 7. The summed E-state index contributed by atoms with van der Waals surface area (Å²) in [6, 6.07) is 14.5. The van der Waals surface area contributed by atoms with E-state index < -0.39 is 44.9 Å². The standard InChI is InChI=1S/C28H29FN2O7S/c1-17-3-6-20(30-26(34)28(9-10-28)19-5-7-23-24(12-19)38-16-37-23)13-21(17)18-4-8-25(22(29)11-18)39(35,36)31-27(2,14-32)15-33/h3-8,11-13,31-33H,9-10,14-16H2,1-2H3,(H,30,34). The fourth-order valence-corrected chi connectivity index (χ4v) is 6.06. The van der Waals surface area contributed by atoms with Crippen LogP contribution in [-0.2, 0) is 20.2 Å². The Morgan fingerprint density at radius 2 is 1.74 bits per heavy atom.